The number of nitrogens with one attached hydrogen (secondary N) is 1. The third kappa shape index (κ3) is 4.98. The van der Waals surface area contributed by atoms with E-state index in [0.29, 0.717) is 29.1 Å². The largest absolute Gasteiger partial charge is 0.504 e. The van der Waals surface area contributed by atoms with Crippen LogP contribution in [0.4, 0.5) is 11.4 Å². The summed E-state index contributed by atoms with van der Waals surface area (Å²) in [4.78, 5) is 59.5. The van der Waals surface area contributed by atoms with Crippen LogP contribution in [0.5, 0.6) is 11.5 Å². The molecule has 9 nitrogen and oxygen atoms in total. The fourth-order valence-electron chi connectivity index (χ4n) is 8.83. The Morgan fingerprint density at radius 2 is 1.55 bits per heavy atom. The molecule has 1 saturated carbocycles. The fraction of sp³-hybridized carbons (Fsp3) is 0.238. The molecule has 4 aromatic carbocycles. The predicted molar refractivity (Wildman–Crippen MR) is 192 cm³/mol. The highest BCUT2D eigenvalue weighted by molar-refractivity contribution is 6.22. The van der Waals surface area contributed by atoms with Crippen LogP contribution in [-0.4, -0.2) is 40.9 Å². The standard InChI is InChI=1S/C42H37N3O6/c1-25-13-17-28(18-14-25)43-45-39(48)34-24-32-30(19-20-31-37(32)40(49)44(38(31)47)29-11-7-4-8-12-29)33(21-15-26-16-22-35(46)36(23-26)51-2)42(34,41(45)50)27-9-5-3-6-10-27/h3-19,21-23,31-34,37,43,46H,20,24H2,1-2H3/t31-,32+,33-,34-,37-,42-/m0/s1. The van der Waals surface area contributed by atoms with E-state index in [4.69, 9.17) is 4.74 Å². The van der Waals surface area contributed by atoms with Gasteiger partial charge in [0, 0.05) is 5.92 Å². The topological polar surface area (TPSA) is 116 Å². The van der Waals surface area contributed by atoms with Crippen LogP contribution in [0.1, 0.15) is 29.5 Å². The van der Waals surface area contributed by atoms with Gasteiger partial charge < -0.3 is 9.84 Å². The second kappa shape index (κ2) is 12.4. The smallest absolute Gasteiger partial charge is 0.260 e. The van der Waals surface area contributed by atoms with Gasteiger partial charge in [-0.05, 0) is 73.2 Å². The molecule has 0 bridgehead atoms. The Morgan fingerprint density at radius 3 is 2.25 bits per heavy atom. The first-order valence-electron chi connectivity index (χ1n) is 17.2. The van der Waals surface area contributed by atoms with Gasteiger partial charge in [-0.15, -0.1) is 0 Å². The van der Waals surface area contributed by atoms with Crippen LogP contribution >= 0.6 is 0 Å². The molecule has 0 unspecified atom stereocenters. The zero-order valence-electron chi connectivity index (χ0n) is 28.2. The van der Waals surface area contributed by atoms with E-state index in [1.54, 1.807) is 42.5 Å². The van der Waals surface area contributed by atoms with Gasteiger partial charge in [-0.3, -0.25) is 29.5 Å². The van der Waals surface area contributed by atoms with Crippen LogP contribution in [0.2, 0.25) is 0 Å². The Bertz CT molecular complexity index is 2110. The van der Waals surface area contributed by atoms with E-state index in [2.05, 4.69) is 5.43 Å². The summed E-state index contributed by atoms with van der Waals surface area (Å²) >= 11 is 0. The first-order chi connectivity index (χ1) is 24.7. The first kappa shape index (κ1) is 32.3. The fourth-order valence-corrected chi connectivity index (χ4v) is 8.83. The van der Waals surface area contributed by atoms with Gasteiger partial charge in [0.2, 0.25) is 11.8 Å². The molecular weight excluding hydrogens is 642 g/mol. The van der Waals surface area contributed by atoms with Crippen molar-refractivity contribution in [2.75, 3.05) is 17.4 Å². The minimum Gasteiger partial charge on any atom is -0.504 e. The Labute approximate surface area is 295 Å². The first-order valence-corrected chi connectivity index (χ1v) is 17.2. The predicted octanol–water partition coefficient (Wildman–Crippen LogP) is 6.44. The molecule has 8 rings (SSSR count). The minimum absolute atomic E-state index is 0.00370. The summed E-state index contributed by atoms with van der Waals surface area (Å²) in [5.74, 6) is -4.22. The molecule has 4 amide bonds. The van der Waals surface area contributed by atoms with Crippen molar-refractivity contribution in [2.45, 2.75) is 25.2 Å². The second-order valence-corrected chi connectivity index (χ2v) is 13.8. The molecule has 2 heterocycles. The molecule has 0 aromatic heterocycles. The van der Waals surface area contributed by atoms with Gasteiger partial charge in [-0.1, -0.05) is 96.1 Å². The van der Waals surface area contributed by atoms with Crippen LogP contribution in [0, 0.1) is 36.5 Å². The number of carbonyl (C=O) groups is 4. The van der Waals surface area contributed by atoms with Crippen LogP contribution in [-0.2, 0) is 24.6 Å². The van der Waals surface area contributed by atoms with Crippen molar-refractivity contribution in [3.63, 3.8) is 0 Å². The molecule has 3 fully saturated rings. The number of amides is 4. The number of allylic oxidation sites excluding steroid dienone is 3. The molecule has 2 saturated heterocycles. The lowest BCUT2D eigenvalue weighted by molar-refractivity contribution is -0.139. The van der Waals surface area contributed by atoms with Crippen molar-refractivity contribution in [2.24, 2.45) is 29.6 Å². The van der Waals surface area contributed by atoms with E-state index in [0.717, 1.165) is 21.7 Å². The van der Waals surface area contributed by atoms with Crippen molar-refractivity contribution >= 4 is 41.1 Å². The van der Waals surface area contributed by atoms with Crippen molar-refractivity contribution in [1.82, 2.24) is 5.01 Å². The molecule has 0 radical (unpaired) electrons. The monoisotopic (exact) mass is 679 g/mol. The Hall–Kier alpha value is -5.96. The summed E-state index contributed by atoms with van der Waals surface area (Å²) in [5.41, 5.74) is 6.21. The normalized spacial score (nSPS) is 26.9. The summed E-state index contributed by atoms with van der Waals surface area (Å²) < 4.78 is 5.36. The number of phenols is 1. The van der Waals surface area contributed by atoms with Crippen LogP contribution in [0.3, 0.4) is 0 Å². The molecule has 2 aliphatic carbocycles. The molecule has 4 aromatic rings. The van der Waals surface area contributed by atoms with Crippen LogP contribution < -0.4 is 15.1 Å². The molecule has 2 aliphatic heterocycles. The summed E-state index contributed by atoms with van der Waals surface area (Å²) in [7, 11) is 1.48. The third-order valence-electron chi connectivity index (χ3n) is 11.2. The van der Waals surface area contributed by atoms with Gasteiger partial charge in [-0.2, -0.15) is 5.01 Å². The van der Waals surface area contributed by atoms with E-state index < -0.39 is 35.0 Å². The van der Waals surface area contributed by atoms with Crippen molar-refractivity contribution in [3.8, 4) is 11.5 Å². The quantitative estimate of drug-likeness (QED) is 0.171. The van der Waals surface area contributed by atoms with Crippen molar-refractivity contribution in [3.05, 3.63) is 138 Å². The van der Waals surface area contributed by atoms with Crippen molar-refractivity contribution < 1.29 is 29.0 Å². The maximum Gasteiger partial charge on any atom is 0.260 e. The minimum atomic E-state index is -1.35. The highest BCUT2D eigenvalue weighted by Gasteiger charge is 2.69. The van der Waals surface area contributed by atoms with Crippen LogP contribution in [0.25, 0.3) is 6.08 Å². The van der Waals surface area contributed by atoms with Gasteiger partial charge >= 0.3 is 0 Å². The summed E-state index contributed by atoms with van der Waals surface area (Å²) in [6.45, 7) is 1.96. The number of para-hydroxylation sites is 1. The van der Waals surface area contributed by atoms with Gasteiger partial charge in [-0.25, -0.2) is 0 Å². The van der Waals surface area contributed by atoms with E-state index in [9.17, 15) is 19.5 Å². The Kier molecular flexibility index (Phi) is 7.86. The average Bonchev–Trinajstić information content (AvgIpc) is 3.54. The number of hydrogen-bond donors (Lipinski definition) is 2. The van der Waals surface area contributed by atoms with Gasteiger partial charge in [0.25, 0.3) is 11.8 Å². The number of anilines is 2. The highest BCUT2D eigenvalue weighted by Crippen LogP contribution is 2.61. The number of hydrogen-bond acceptors (Lipinski definition) is 7. The van der Waals surface area contributed by atoms with Gasteiger partial charge in [0.1, 0.15) is 0 Å². The van der Waals surface area contributed by atoms with E-state index in [-0.39, 0.29) is 35.8 Å². The lowest BCUT2D eigenvalue weighted by Crippen LogP contribution is -2.54. The maximum atomic E-state index is 15.2. The van der Waals surface area contributed by atoms with Gasteiger partial charge in [0.05, 0.1) is 41.7 Å². The molecule has 2 N–H and O–H groups in total. The molecule has 256 valence electrons. The molecule has 4 aliphatic rings. The summed E-state index contributed by atoms with van der Waals surface area (Å²) in [6, 6.07) is 30.8. The number of fused-ring (bicyclic) bond motifs is 4. The number of aromatic hydroxyl groups is 1. The maximum absolute atomic E-state index is 15.2. The second-order valence-electron chi connectivity index (χ2n) is 13.8. The number of ether oxygens (including phenoxy) is 1. The Balaban J connectivity index is 1.29. The number of aryl methyl sites for hydroxylation is 1. The van der Waals surface area contributed by atoms with Crippen molar-refractivity contribution in [1.29, 1.82) is 0 Å². The number of carbonyl (C=O) groups excluding carboxylic acids is 4. The molecule has 9 heteroatoms. The Morgan fingerprint density at radius 1 is 0.843 bits per heavy atom. The van der Waals surface area contributed by atoms with Gasteiger partial charge in [0.15, 0.2) is 11.5 Å². The lowest BCUT2D eigenvalue weighted by Gasteiger charge is -2.49. The number of phenolic OH excluding ortho intramolecular Hbond substituents is 1. The molecule has 6 atom stereocenters. The lowest BCUT2D eigenvalue weighted by atomic mass is 9.50. The molecular formula is C42H37N3O6. The number of nitrogens with zero attached hydrogens (tertiary/aromatic N) is 2. The van der Waals surface area contributed by atoms with E-state index in [1.165, 1.54) is 12.0 Å². The summed E-state index contributed by atoms with van der Waals surface area (Å²) in [6.07, 6.45) is 6.41. The zero-order valence-corrected chi connectivity index (χ0v) is 28.2. The van der Waals surface area contributed by atoms with E-state index >= 15 is 4.79 Å². The zero-order chi connectivity index (χ0) is 35.4. The molecule has 0 spiro atoms. The number of methoxy groups -OCH3 is 1. The average molecular weight is 680 g/mol. The SMILES string of the molecule is COc1cc(C=C[C@H]2C3=CC[C@@H]4C(=O)N(c5ccccc5)C(=O)[C@@H]4[C@@H]3C[C@H]3C(=O)N(Nc4ccc(C)cc4)C(=O)[C@@]23c2ccccc2)ccc1O. The number of rotatable bonds is 7. The van der Waals surface area contributed by atoms with E-state index in [1.807, 2.05) is 85.8 Å². The summed E-state index contributed by atoms with van der Waals surface area (Å²) in [5, 5.41) is 11.4. The third-order valence-corrected chi connectivity index (χ3v) is 11.2. The molecule has 51 heavy (non-hydrogen) atoms. The number of hydrazine groups is 1. The number of imide groups is 2. The van der Waals surface area contributed by atoms with Crippen LogP contribution in [0.15, 0.2) is 121 Å². The highest BCUT2D eigenvalue weighted by atomic mass is 16.5. The number of benzene rings is 4.